The number of halogens is 3. The summed E-state index contributed by atoms with van der Waals surface area (Å²) in [5, 5.41) is 0. The quantitative estimate of drug-likeness (QED) is 0.337. The van der Waals surface area contributed by atoms with Crippen LogP contribution in [-0.4, -0.2) is 9.65 Å². The zero-order valence-electron chi connectivity index (χ0n) is 15.0. The highest BCUT2D eigenvalue weighted by molar-refractivity contribution is 9.10. The minimum Gasteiger partial charge on any atom is -0.0887 e. The lowest BCUT2D eigenvalue weighted by molar-refractivity contribution is 0.772. The molecule has 2 aliphatic rings. The molecule has 0 nitrogen and oxygen atoms in total. The van der Waals surface area contributed by atoms with Crippen molar-refractivity contribution in [1.82, 2.24) is 0 Å². The Bertz CT molecular complexity index is 919. The molecule has 0 aromatic heterocycles. The predicted octanol–water partition coefficient (Wildman–Crippen LogP) is 8.55. The van der Waals surface area contributed by atoms with Crippen LogP contribution in [0.4, 0.5) is 0 Å². The third kappa shape index (κ3) is 4.75. The van der Waals surface area contributed by atoms with Gasteiger partial charge >= 0.3 is 0 Å². The van der Waals surface area contributed by atoms with Gasteiger partial charge in [0.1, 0.15) is 0 Å². The Hall–Kier alpha value is -0.900. The summed E-state index contributed by atoms with van der Waals surface area (Å²) in [5.41, 5.74) is 8.01. The Kier molecular flexibility index (Phi) is 6.21. The standard InChI is InChI=1S/C24H21Br3/c25-22-7-1-16(2-8-22)19-13-20(17-3-9-23(26)10-4-17)15-21(14-19)18-5-11-24(27)12-6-18/h1-5,7-9,13-15,23-24H,6,10-12H2. The molecule has 0 saturated heterocycles. The predicted molar refractivity (Wildman–Crippen MR) is 129 cm³/mol. The Morgan fingerprint density at radius 2 is 1.52 bits per heavy atom. The van der Waals surface area contributed by atoms with Crippen LogP contribution in [0, 0.1) is 0 Å². The van der Waals surface area contributed by atoms with Crippen LogP contribution in [0.3, 0.4) is 0 Å². The number of allylic oxidation sites excluding steroid dienone is 6. The van der Waals surface area contributed by atoms with Crippen LogP contribution < -0.4 is 0 Å². The number of rotatable bonds is 3. The molecule has 2 aromatic carbocycles. The van der Waals surface area contributed by atoms with Gasteiger partial charge in [0.05, 0.1) is 0 Å². The molecule has 2 aromatic rings. The number of alkyl halides is 2. The van der Waals surface area contributed by atoms with E-state index >= 15 is 0 Å². The molecule has 0 spiro atoms. The Balaban J connectivity index is 1.79. The molecule has 0 saturated carbocycles. The van der Waals surface area contributed by atoms with Crippen LogP contribution >= 0.6 is 47.8 Å². The van der Waals surface area contributed by atoms with Gasteiger partial charge in [-0.15, -0.1) is 0 Å². The third-order valence-corrected chi connectivity index (χ3v) is 7.25. The molecule has 0 heterocycles. The van der Waals surface area contributed by atoms with Gasteiger partial charge in [-0.3, -0.25) is 0 Å². The van der Waals surface area contributed by atoms with Crippen molar-refractivity contribution in [2.24, 2.45) is 0 Å². The number of hydrogen-bond donors (Lipinski definition) is 0. The van der Waals surface area contributed by atoms with Crippen molar-refractivity contribution in [3.63, 3.8) is 0 Å². The molecule has 0 bridgehead atoms. The minimum absolute atomic E-state index is 0.451. The Morgan fingerprint density at radius 3 is 2.19 bits per heavy atom. The largest absolute Gasteiger partial charge is 0.0887 e. The molecule has 3 heteroatoms. The summed E-state index contributed by atoms with van der Waals surface area (Å²) in [6.07, 6.45) is 13.7. The fraction of sp³-hybridized carbons (Fsp3) is 0.250. The molecule has 0 N–H and O–H groups in total. The van der Waals surface area contributed by atoms with Gasteiger partial charge in [-0.25, -0.2) is 0 Å². The summed E-state index contributed by atoms with van der Waals surface area (Å²) in [6, 6.07) is 15.7. The van der Waals surface area contributed by atoms with Gasteiger partial charge in [0.25, 0.3) is 0 Å². The lowest BCUT2D eigenvalue weighted by Crippen LogP contribution is -2.04. The number of hydrogen-bond acceptors (Lipinski definition) is 0. The lowest BCUT2D eigenvalue weighted by Gasteiger charge is -2.20. The first-order valence-electron chi connectivity index (χ1n) is 9.36. The molecule has 2 aliphatic carbocycles. The van der Waals surface area contributed by atoms with E-state index < -0.39 is 0 Å². The molecule has 2 atom stereocenters. The first-order chi connectivity index (χ1) is 13.1. The zero-order chi connectivity index (χ0) is 18.8. The number of benzene rings is 2. The lowest BCUT2D eigenvalue weighted by atomic mass is 9.88. The molecular weight excluding hydrogens is 528 g/mol. The van der Waals surface area contributed by atoms with Crippen LogP contribution in [0.15, 0.2) is 71.2 Å². The van der Waals surface area contributed by atoms with E-state index in [1.807, 2.05) is 0 Å². The zero-order valence-corrected chi connectivity index (χ0v) is 19.7. The smallest absolute Gasteiger partial charge is 0.0363 e. The second-order valence-electron chi connectivity index (χ2n) is 7.18. The molecule has 0 radical (unpaired) electrons. The molecule has 0 aliphatic heterocycles. The highest BCUT2D eigenvalue weighted by Crippen LogP contribution is 2.36. The highest BCUT2D eigenvalue weighted by Gasteiger charge is 2.15. The topological polar surface area (TPSA) is 0 Å². The fourth-order valence-electron chi connectivity index (χ4n) is 3.66. The van der Waals surface area contributed by atoms with E-state index in [-0.39, 0.29) is 0 Å². The average molecular weight is 549 g/mol. The van der Waals surface area contributed by atoms with Crippen molar-refractivity contribution in [3.8, 4) is 11.1 Å². The summed E-state index contributed by atoms with van der Waals surface area (Å²) in [6.45, 7) is 0. The van der Waals surface area contributed by atoms with Crippen molar-refractivity contribution in [3.05, 3.63) is 82.4 Å². The molecule has 0 amide bonds. The van der Waals surface area contributed by atoms with E-state index in [1.165, 1.54) is 39.8 Å². The maximum atomic E-state index is 3.76. The summed E-state index contributed by atoms with van der Waals surface area (Å²) >= 11 is 11.0. The van der Waals surface area contributed by atoms with Crippen LogP contribution in [0.2, 0.25) is 0 Å². The summed E-state index contributed by atoms with van der Waals surface area (Å²) in [7, 11) is 0. The molecule has 4 rings (SSSR count). The fourth-order valence-corrected chi connectivity index (χ4v) is 4.68. The Morgan fingerprint density at radius 1 is 0.778 bits per heavy atom. The van der Waals surface area contributed by atoms with Crippen molar-refractivity contribution >= 4 is 58.9 Å². The van der Waals surface area contributed by atoms with Crippen LogP contribution in [0.25, 0.3) is 22.3 Å². The first-order valence-corrected chi connectivity index (χ1v) is 12.0. The van der Waals surface area contributed by atoms with Crippen molar-refractivity contribution < 1.29 is 0 Å². The van der Waals surface area contributed by atoms with Crippen molar-refractivity contribution in [1.29, 1.82) is 0 Å². The van der Waals surface area contributed by atoms with Crippen molar-refractivity contribution in [2.75, 3.05) is 0 Å². The van der Waals surface area contributed by atoms with E-state index in [9.17, 15) is 0 Å². The average Bonchev–Trinajstić information content (AvgIpc) is 2.69. The molecule has 27 heavy (non-hydrogen) atoms. The molecule has 0 fully saturated rings. The van der Waals surface area contributed by atoms with E-state index in [0.717, 1.165) is 23.7 Å². The summed E-state index contributed by atoms with van der Waals surface area (Å²) in [5.74, 6) is 0. The molecule has 138 valence electrons. The normalized spacial score (nSPS) is 22.3. The second kappa shape index (κ2) is 8.63. The summed E-state index contributed by atoms with van der Waals surface area (Å²) < 4.78 is 1.11. The van der Waals surface area contributed by atoms with Gasteiger partial charge in [0.2, 0.25) is 0 Å². The second-order valence-corrected chi connectivity index (χ2v) is 10.6. The van der Waals surface area contributed by atoms with Gasteiger partial charge in [-0.05, 0) is 89.4 Å². The van der Waals surface area contributed by atoms with Gasteiger partial charge in [0, 0.05) is 14.1 Å². The Labute approximate surface area is 186 Å². The van der Waals surface area contributed by atoms with E-state index in [2.05, 4.69) is 115 Å². The maximum Gasteiger partial charge on any atom is 0.0363 e. The van der Waals surface area contributed by atoms with Gasteiger partial charge in [-0.1, -0.05) is 84.2 Å². The first kappa shape index (κ1) is 19.4. The molecular formula is C24H21Br3. The van der Waals surface area contributed by atoms with Crippen molar-refractivity contribution in [2.45, 2.75) is 35.3 Å². The summed E-state index contributed by atoms with van der Waals surface area (Å²) in [4.78, 5) is 1.07. The van der Waals surface area contributed by atoms with Gasteiger partial charge in [0.15, 0.2) is 0 Å². The van der Waals surface area contributed by atoms with Gasteiger partial charge in [-0.2, -0.15) is 0 Å². The third-order valence-electron chi connectivity index (χ3n) is 5.21. The maximum absolute atomic E-state index is 3.76. The van der Waals surface area contributed by atoms with Crippen LogP contribution in [0.1, 0.15) is 36.8 Å². The minimum atomic E-state index is 0.451. The van der Waals surface area contributed by atoms with Crippen LogP contribution in [-0.2, 0) is 0 Å². The SMILES string of the molecule is Brc1ccc(-c2cc(C3=CCC(Br)C=C3)cc(C3=CCC(Br)CC3)c2)cc1. The highest BCUT2D eigenvalue weighted by atomic mass is 79.9. The van der Waals surface area contributed by atoms with E-state index in [1.54, 1.807) is 0 Å². The van der Waals surface area contributed by atoms with Gasteiger partial charge < -0.3 is 0 Å². The molecule has 2 unspecified atom stereocenters. The monoisotopic (exact) mass is 546 g/mol. The van der Waals surface area contributed by atoms with E-state index in [0.29, 0.717) is 9.65 Å². The van der Waals surface area contributed by atoms with E-state index in [4.69, 9.17) is 0 Å². The van der Waals surface area contributed by atoms with Crippen LogP contribution in [0.5, 0.6) is 0 Å².